The van der Waals surface area contributed by atoms with E-state index in [9.17, 15) is 9.59 Å². The highest BCUT2D eigenvalue weighted by molar-refractivity contribution is 8.00. The lowest BCUT2D eigenvalue weighted by Gasteiger charge is -2.18. The smallest absolute Gasteiger partial charge is 0.324 e. The summed E-state index contributed by atoms with van der Waals surface area (Å²) < 4.78 is 6.97. The van der Waals surface area contributed by atoms with Crippen LogP contribution >= 0.6 is 11.8 Å². The van der Waals surface area contributed by atoms with Crippen molar-refractivity contribution in [3.05, 3.63) is 82.1 Å². The summed E-state index contributed by atoms with van der Waals surface area (Å²) in [6, 6.07) is 19.5. The lowest BCUT2D eigenvalue weighted by molar-refractivity contribution is -0.142. The average molecular weight is 463 g/mol. The van der Waals surface area contributed by atoms with E-state index in [1.165, 1.54) is 11.8 Å². The van der Waals surface area contributed by atoms with Crippen LogP contribution in [0.3, 0.4) is 0 Å². The minimum Gasteiger partial charge on any atom is -0.465 e. The van der Waals surface area contributed by atoms with Crippen LogP contribution < -0.4 is 5.56 Å². The number of thioether (sulfide) groups is 1. The molecule has 0 amide bonds. The van der Waals surface area contributed by atoms with E-state index in [2.05, 4.69) is 0 Å². The number of esters is 1. The molecular formula is C27H30N2O3S. The van der Waals surface area contributed by atoms with E-state index < -0.39 is 5.25 Å². The van der Waals surface area contributed by atoms with E-state index in [0.717, 1.165) is 21.9 Å². The summed E-state index contributed by atoms with van der Waals surface area (Å²) >= 11 is 1.26. The van der Waals surface area contributed by atoms with Crippen LogP contribution in [0.15, 0.2) is 70.6 Å². The number of aryl methyl sites for hydroxylation is 1. The molecule has 0 aliphatic heterocycles. The van der Waals surface area contributed by atoms with Crippen molar-refractivity contribution in [2.24, 2.45) is 0 Å². The Bertz CT molecular complexity index is 1330. The molecule has 4 rings (SSSR count). The van der Waals surface area contributed by atoms with Gasteiger partial charge in [0.2, 0.25) is 0 Å². The van der Waals surface area contributed by atoms with Crippen molar-refractivity contribution >= 4 is 39.4 Å². The highest BCUT2D eigenvalue weighted by atomic mass is 32.2. The molecule has 4 aromatic rings. The van der Waals surface area contributed by atoms with E-state index in [1.807, 2.05) is 88.4 Å². The van der Waals surface area contributed by atoms with Crippen LogP contribution in [0, 0.1) is 6.92 Å². The molecule has 0 bridgehead atoms. The second-order valence-electron chi connectivity index (χ2n) is 7.32. The Morgan fingerprint density at radius 3 is 2.36 bits per heavy atom. The van der Waals surface area contributed by atoms with Gasteiger partial charge in [-0.15, -0.1) is 0 Å². The molecule has 0 fully saturated rings. The molecule has 0 aliphatic carbocycles. The van der Waals surface area contributed by atoms with Crippen LogP contribution in [0.25, 0.3) is 21.7 Å². The molecule has 3 aromatic carbocycles. The lowest BCUT2D eigenvalue weighted by atomic mass is 10.1. The number of fused-ring (bicyclic) bond motifs is 2. The number of hydrogen-bond acceptors (Lipinski definition) is 5. The molecule has 5 nitrogen and oxygen atoms in total. The minimum atomic E-state index is -0.609. The zero-order valence-corrected chi connectivity index (χ0v) is 20.6. The van der Waals surface area contributed by atoms with Gasteiger partial charge in [-0.3, -0.25) is 14.2 Å². The van der Waals surface area contributed by atoms with Crippen LogP contribution in [0.5, 0.6) is 0 Å². The maximum atomic E-state index is 13.3. The number of nitrogens with zero attached hydrogens (tertiary/aromatic N) is 2. The summed E-state index contributed by atoms with van der Waals surface area (Å²) in [5, 5.41) is 2.50. The molecule has 1 heterocycles. The van der Waals surface area contributed by atoms with Crippen molar-refractivity contribution in [2.75, 3.05) is 6.61 Å². The summed E-state index contributed by atoms with van der Waals surface area (Å²) in [5.74, 6) is -0.339. The second-order valence-corrected chi connectivity index (χ2v) is 8.40. The highest BCUT2D eigenvalue weighted by Crippen LogP contribution is 2.36. The van der Waals surface area contributed by atoms with Gasteiger partial charge in [0.1, 0.15) is 5.25 Å². The summed E-state index contributed by atoms with van der Waals surface area (Å²) in [4.78, 5) is 30.9. The van der Waals surface area contributed by atoms with Gasteiger partial charge >= 0.3 is 5.97 Å². The molecular weight excluding hydrogens is 432 g/mol. The van der Waals surface area contributed by atoms with E-state index >= 15 is 0 Å². The molecule has 0 N–H and O–H groups in total. The number of aromatic nitrogens is 2. The molecule has 1 aromatic heterocycles. The fourth-order valence-electron chi connectivity index (χ4n) is 3.67. The maximum Gasteiger partial charge on any atom is 0.324 e. The van der Waals surface area contributed by atoms with Gasteiger partial charge in [0, 0.05) is 6.54 Å². The van der Waals surface area contributed by atoms with E-state index in [1.54, 1.807) is 11.5 Å². The number of hydrogen-bond donors (Lipinski definition) is 0. The molecule has 172 valence electrons. The van der Waals surface area contributed by atoms with E-state index in [-0.39, 0.29) is 11.5 Å². The quantitative estimate of drug-likeness (QED) is 0.146. The minimum absolute atomic E-state index is 0.104. The Morgan fingerprint density at radius 2 is 1.73 bits per heavy atom. The van der Waals surface area contributed by atoms with Crippen LogP contribution in [0.1, 0.15) is 44.1 Å². The summed E-state index contributed by atoms with van der Waals surface area (Å²) in [5.41, 5.74) is 2.41. The number of rotatable bonds is 6. The van der Waals surface area contributed by atoms with Gasteiger partial charge in [0.05, 0.1) is 17.5 Å². The van der Waals surface area contributed by atoms with Gasteiger partial charge in [-0.1, -0.05) is 79.7 Å². The van der Waals surface area contributed by atoms with E-state index in [4.69, 9.17) is 9.72 Å². The topological polar surface area (TPSA) is 61.2 Å². The fraction of sp³-hybridized carbons (Fsp3) is 0.296. The monoisotopic (exact) mass is 462 g/mol. The first-order chi connectivity index (χ1) is 16.0. The molecule has 0 aliphatic rings. The van der Waals surface area contributed by atoms with Gasteiger partial charge in [-0.25, -0.2) is 4.98 Å². The van der Waals surface area contributed by atoms with Crippen LogP contribution in [-0.4, -0.2) is 22.1 Å². The Labute approximate surface area is 198 Å². The Hall–Kier alpha value is -3.12. The third-order valence-corrected chi connectivity index (χ3v) is 6.39. The van der Waals surface area contributed by atoms with Crippen LogP contribution in [0.4, 0.5) is 0 Å². The first-order valence-electron chi connectivity index (χ1n) is 11.3. The SMILES string of the molecule is CC.CCOC(=O)C(Sc1nc2cc3ccccc3cc2c(=O)n1CC)c1cccc(C)c1. The van der Waals surface area contributed by atoms with Crippen molar-refractivity contribution in [3.8, 4) is 0 Å². The van der Waals surface area contributed by atoms with E-state index in [0.29, 0.717) is 29.2 Å². The third-order valence-electron chi connectivity index (χ3n) is 5.17. The second kappa shape index (κ2) is 11.1. The zero-order valence-electron chi connectivity index (χ0n) is 19.8. The number of benzene rings is 3. The largest absolute Gasteiger partial charge is 0.465 e. The Kier molecular flexibility index (Phi) is 8.28. The number of carbonyl (C=O) groups is 1. The van der Waals surface area contributed by atoms with Gasteiger partial charge in [-0.2, -0.15) is 0 Å². The molecule has 1 unspecified atom stereocenters. The lowest BCUT2D eigenvalue weighted by Crippen LogP contribution is -2.24. The first kappa shape index (κ1) is 24.5. The average Bonchev–Trinajstić information content (AvgIpc) is 2.83. The standard InChI is InChI=1S/C25H24N2O3S.C2H6/c1-4-27-23(28)20-14-17-10-6-7-11-18(17)15-21(20)26-25(27)31-22(24(29)30-5-2)19-12-8-9-16(3)13-19;1-2/h6-15,22H,4-5H2,1-3H3;1-2H3. The third kappa shape index (κ3) is 5.28. The molecule has 6 heteroatoms. The van der Waals surface area contributed by atoms with Crippen LogP contribution in [0.2, 0.25) is 0 Å². The molecule has 0 saturated carbocycles. The zero-order chi connectivity index (χ0) is 24.0. The normalized spacial score (nSPS) is 11.7. The van der Waals surface area contributed by atoms with Crippen LogP contribution in [-0.2, 0) is 16.1 Å². The Morgan fingerprint density at radius 1 is 1.03 bits per heavy atom. The Balaban J connectivity index is 0.00000149. The van der Waals surface area contributed by atoms with Crippen molar-refractivity contribution in [1.29, 1.82) is 0 Å². The van der Waals surface area contributed by atoms with Crippen molar-refractivity contribution in [3.63, 3.8) is 0 Å². The summed E-state index contributed by atoms with van der Waals surface area (Å²) in [7, 11) is 0. The maximum absolute atomic E-state index is 13.3. The predicted molar refractivity (Wildman–Crippen MR) is 137 cm³/mol. The van der Waals surface area contributed by atoms with Crippen molar-refractivity contribution in [2.45, 2.75) is 51.6 Å². The summed E-state index contributed by atoms with van der Waals surface area (Å²) in [6.45, 7) is 10.4. The highest BCUT2D eigenvalue weighted by Gasteiger charge is 2.26. The van der Waals surface area contributed by atoms with Gasteiger partial charge in [0.25, 0.3) is 5.56 Å². The van der Waals surface area contributed by atoms with Gasteiger partial charge in [-0.05, 0) is 49.2 Å². The first-order valence-corrected chi connectivity index (χ1v) is 12.2. The fourth-order valence-corrected chi connectivity index (χ4v) is 4.81. The van der Waals surface area contributed by atoms with Gasteiger partial charge in [0.15, 0.2) is 5.16 Å². The van der Waals surface area contributed by atoms with Gasteiger partial charge < -0.3 is 4.74 Å². The predicted octanol–water partition coefficient (Wildman–Crippen LogP) is 6.30. The summed E-state index contributed by atoms with van der Waals surface area (Å²) in [6.07, 6.45) is 0. The molecule has 33 heavy (non-hydrogen) atoms. The number of carbonyl (C=O) groups excluding carboxylic acids is 1. The number of ether oxygens (including phenoxy) is 1. The molecule has 1 atom stereocenters. The van der Waals surface area contributed by atoms with Crippen molar-refractivity contribution in [1.82, 2.24) is 9.55 Å². The molecule has 0 saturated heterocycles. The molecule has 0 spiro atoms. The molecule has 0 radical (unpaired) electrons. The van der Waals surface area contributed by atoms with Crippen molar-refractivity contribution < 1.29 is 9.53 Å².